The van der Waals surface area contributed by atoms with Crippen LogP contribution in [0.15, 0.2) is 29.6 Å². The summed E-state index contributed by atoms with van der Waals surface area (Å²) in [4.78, 5) is 12.8. The molecular weight excluding hydrogens is 327 g/mol. The molecule has 1 aromatic carbocycles. The van der Waals surface area contributed by atoms with Gasteiger partial charge < -0.3 is 0 Å². The molecule has 1 aromatic heterocycles. The molecule has 22 heavy (non-hydrogen) atoms. The fraction of sp³-hybridized carbons (Fsp3) is 0.0714. The molecule has 2 amide bonds. The minimum absolute atomic E-state index is 0.117. The number of nitrogens with zero attached hydrogens (tertiary/aromatic N) is 2. The summed E-state index contributed by atoms with van der Waals surface area (Å²) in [7, 11) is 1.36. The van der Waals surface area contributed by atoms with Crippen LogP contribution in [-0.2, 0) is 0 Å². The topological polar surface area (TPSA) is 75.6 Å². The van der Waals surface area contributed by atoms with Crippen LogP contribution in [0.2, 0.25) is 5.02 Å². The molecule has 8 heteroatoms. The number of hydrazine groups is 2. The maximum atomic E-state index is 13.7. The predicted octanol–water partition coefficient (Wildman–Crippen LogP) is 3.32. The summed E-state index contributed by atoms with van der Waals surface area (Å²) < 4.78 is 13.7. The van der Waals surface area contributed by atoms with Crippen molar-refractivity contribution in [2.24, 2.45) is 11.7 Å². The van der Waals surface area contributed by atoms with Gasteiger partial charge in [-0.3, -0.25) is 5.01 Å². The number of amides is 2. The summed E-state index contributed by atoms with van der Waals surface area (Å²) in [5.41, 5.74) is 0.550. The summed E-state index contributed by atoms with van der Waals surface area (Å²) in [5, 5.41) is 3.44. The number of carbonyl (C=O) groups excluding carboxylic acids is 1. The Hall–Kier alpha value is -1.93. The third-order valence-corrected chi connectivity index (χ3v) is 4.06. The van der Waals surface area contributed by atoms with Gasteiger partial charge in [-0.15, -0.1) is 11.3 Å². The molecule has 0 saturated heterocycles. The molecule has 2 aromatic rings. The maximum absolute atomic E-state index is 13.7. The summed E-state index contributed by atoms with van der Waals surface area (Å²) in [6, 6.07) is 5.64. The Kier molecular flexibility index (Phi) is 5.15. The summed E-state index contributed by atoms with van der Waals surface area (Å²) in [6.07, 6.45) is 3.37. The zero-order valence-electron chi connectivity index (χ0n) is 11.7. The highest BCUT2D eigenvalue weighted by atomic mass is 35.5. The Labute approximate surface area is 136 Å². The summed E-state index contributed by atoms with van der Waals surface area (Å²) in [6.45, 7) is 0. The van der Waals surface area contributed by atoms with Crippen LogP contribution in [0.5, 0.6) is 0 Å². The Bertz CT molecular complexity index is 703. The van der Waals surface area contributed by atoms with Crippen LogP contribution in [0.25, 0.3) is 12.2 Å². The molecule has 5 nitrogen and oxygen atoms in total. The third-order valence-electron chi connectivity index (χ3n) is 2.83. The fourth-order valence-electron chi connectivity index (χ4n) is 1.75. The van der Waals surface area contributed by atoms with E-state index in [0.717, 1.165) is 21.0 Å². The first kappa shape index (κ1) is 16.4. The zero-order valence-corrected chi connectivity index (χ0v) is 13.2. The number of hydrogen-bond donors (Lipinski definition) is 2. The van der Waals surface area contributed by atoms with Crippen LogP contribution in [0.4, 0.5) is 14.9 Å². The van der Waals surface area contributed by atoms with Gasteiger partial charge in [0.05, 0.1) is 10.7 Å². The van der Waals surface area contributed by atoms with Gasteiger partial charge in [0.15, 0.2) is 0 Å². The molecule has 0 spiro atoms. The van der Waals surface area contributed by atoms with Crippen LogP contribution in [-0.4, -0.2) is 18.1 Å². The molecule has 1 heterocycles. The molecule has 0 aliphatic rings. The highest BCUT2D eigenvalue weighted by Crippen LogP contribution is 2.31. The largest absolute Gasteiger partial charge is 0.352 e. The first-order valence-corrected chi connectivity index (χ1v) is 7.44. The molecule has 4 N–H and O–H groups in total. The first-order chi connectivity index (χ1) is 10.4. The number of carbonyl (C=O) groups is 1. The van der Waals surface area contributed by atoms with E-state index in [2.05, 4.69) is 0 Å². The quantitative estimate of drug-likeness (QED) is 0.511. The second-order valence-corrected chi connectivity index (χ2v) is 5.76. The molecule has 0 radical (unpaired) electrons. The third kappa shape index (κ3) is 3.45. The van der Waals surface area contributed by atoms with Gasteiger partial charge in [0.25, 0.3) is 0 Å². The van der Waals surface area contributed by atoms with Crippen LogP contribution in [0, 0.1) is 5.82 Å². The minimum Gasteiger partial charge on any atom is -0.264 e. The van der Waals surface area contributed by atoms with Crippen molar-refractivity contribution in [1.82, 2.24) is 5.01 Å². The lowest BCUT2D eigenvalue weighted by Crippen LogP contribution is -2.48. The molecule has 0 fully saturated rings. The summed E-state index contributed by atoms with van der Waals surface area (Å²) in [5.74, 6) is 10.5. The monoisotopic (exact) mass is 340 g/mol. The van der Waals surface area contributed by atoms with E-state index in [1.54, 1.807) is 12.2 Å². The second kappa shape index (κ2) is 6.89. The van der Waals surface area contributed by atoms with Crippen molar-refractivity contribution in [2.45, 2.75) is 0 Å². The van der Waals surface area contributed by atoms with Gasteiger partial charge in [-0.25, -0.2) is 25.9 Å². The van der Waals surface area contributed by atoms with E-state index in [-0.39, 0.29) is 10.7 Å². The number of benzene rings is 1. The molecule has 0 atom stereocenters. The van der Waals surface area contributed by atoms with Gasteiger partial charge >= 0.3 is 6.03 Å². The highest BCUT2D eigenvalue weighted by Gasteiger charge is 2.19. The number of nitrogens with two attached hydrogens (primary N) is 2. The van der Waals surface area contributed by atoms with E-state index in [0.29, 0.717) is 5.56 Å². The van der Waals surface area contributed by atoms with Crippen molar-refractivity contribution in [3.63, 3.8) is 0 Å². The van der Waals surface area contributed by atoms with E-state index in [9.17, 15) is 9.18 Å². The van der Waals surface area contributed by atoms with Gasteiger partial charge in [-0.2, -0.15) is 0 Å². The smallest absolute Gasteiger partial charge is 0.264 e. The maximum Gasteiger partial charge on any atom is 0.352 e. The van der Waals surface area contributed by atoms with E-state index < -0.39 is 11.8 Å². The lowest BCUT2D eigenvalue weighted by Gasteiger charge is -2.23. The molecular formula is C14H14ClFN4OS. The van der Waals surface area contributed by atoms with Gasteiger partial charge in [0.2, 0.25) is 0 Å². The second-order valence-electron chi connectivity index (χ2n) is 4.41. The SMILES string of the molecule is CN(N)C(=O)N(N)c1ccc(F)c(Cl)c1/C=C/c1cccs1. The number of thiophene rings is 1. The zero-order chi connectivity index (χ0) is 16.3. The molecule has 0 aliphatic carbocycles. The molecule has 2 rings (SSSR count). The van der Waals surface area contributed by atoms with Gasteiger partial charge in [-0.1, -0.05) is 17.7 Å². The Balaban J connectivity index is 2.46. The highest BCUT2D eigenvalue weighted by molar-refractivity contribution is 7.10. The average Bonchev–Trinajstić information content (AvgIpc) is 3.00. The van der Waals surface area contributed by atoms with Crippen molar-refractivity contribution in [3.05, 3.63) is 50.9 Å². The van der Waals surface area contributed by atoms with Crippen LogP contribution < -0.4 is 16.7 Å². The van der Waals surface area contributed by atoms with Crippen molar-refractivity contribution in [3.8, 4) is 0 Å². The number of hydrogen-bond acceptors (Lipinski definition) is 4. The van der Waals surface area contributed by atoms with E-state index >= 15 is 0 Å². The van der Waals surface area contributed by atoms with E-state index in [4.69, 9.17) is 23.3 Å². The lowest BCUT2D eigenvalue weighted by atomic mass is 10.1. The van der Waals surface area contributed by atoms with Gasteiger partial charge in [-0.05, 0) is 35.7 Å². The van der Waals surface area contributed by atoms with Crippen molar-refractivity contribution in [1.29, 1.82) is 0 Å². The standard InChI is InChI=1S/C14H14ClFN4OS/c1-19(17)14(21)20(18)12-7-6-11(16)13(15)10(12)5-4-9-3-2-8-22-9/h2-8H,17-18H2,1H3/b5-4+. The molecule has 0 saturated carbocycles. The summed E-state index contributed by atoms with van der Waals surface area (Å²) >= 11 is 7.52. The van der Waals surface area contributed by atoms with Crippen LogP contribution >= 0.6 is 22.9 Å². The van der Waals surface area contributed by atoms with Crippen LogP contribution in [0.3, 0.4) is 0 Å². The normalized spacial score (nSPS) is 11.0. The molecule has 0 aliphatic heterocycles. The predicted molar refractivity (Wildman–Crippen MR) is 88.7 cm³/mol. The molecule has 0 unspecified atom stereocenters. The van der Waals surface area contributed by atoms with Crippen LogP contribution in [0.1, 0.15) is 10.4 Å². The van der Waals surface area contributed by atoms with Gasteiger partial charge in [0.1, 0.15) is 5.82 Å². The number of urea groups is 1. The van der Waals surface area contributed by atoms with E-state index in [1.807, 2.05) is 17.5 Å². The number of halogens is 2. The Morgan fingerprint density at radius 2 is 2.05 bits per heavy atom. The van der Waals surface area contributed by atoms with Crippen molar-refractivity contribution in [2.75, 3.05) is 12.1 Å². The first-order valence-electron chi connectivity index (χ1n) is 6.18. The van der Waals surface area contributed by atoms with Crippen molar-refractivity contribution < 1.29 is 9.18 Å². The number of anilines is 1. The lowest BCUT2D eigenvalue weighted by molar-refractivity contribution is 0.216. The Morgan fingerprint density at radius 1 is 1.32 bits per heavy atom. The fourth-order valence-corrected chi connectivity index (χ4v) is 2.59. The average molecular weight is 341 g/mol. The van der Waals surface area contributed by atoms with Gasteiger partial charge in [0, 0.05) is 17.5 Å². The molecule has 116 valence electrons. The van der Waals surface area contributed by atoms with E-state index in [1.165, 1.54) is 24.5 Å². The van der Waals surface area contributed by atoms with Crippen molar-refractivity contribution >= 4 is 46.8 Å². The number of rotatable bonds is 3. The minimum atomic E-state index is -0.659. The Morgan fingerprint density at radius 3 is 2.64 bits per heavy atom. The molecule has 0 bridgehead atoms.